The average molecular weight is 298 g/mol. The second-order valence-electron chi connectivity index (χ2n) is 4.69. The van der Waals surface area contributed by atoms with Crippen molar-refractivity contribution in [2.24, 2.45) is 0 Å². The third-order valence-corrected chi connectivity index (χ3v) is 2.94. The smallest absolute Gasteiger partial charge is 0.273 e. The third-order valence-electron chi connectivity index (χ3n) is 2.94. The predicted molar refractivity (Wildman–Crippen MR) is 77.7 cm³/mol. The molecule has 0 aliphatic rings. The summed E-state index contributed by atoms with van der Waals surface area (Å²) < 4.78 is 6.73. The van der Waals surface area contributed by atoms with E-state index in [1.54, 1.807) is 29.3 Å². The van der Waals surface area contributed by atoms with Crippen LogP contribution in [0.25, 0.3) is 0 Å². The second-order valence-corrected chi connectivity index (χ2v) is 4.69. The molecule has 0 atom stereocenters. The Kier molecular flexibility index (Phi) is 3.82. The van der Waals surface area contributed by atoms with E-state index >= 15 is 0 Å². The summed E-state index contributed by atoms with van der Waals surface area (Å²) in [6.45, 7) is 0.741. The lowest BCUT2D eigenvalue weighted by molar-refractivity contribution is 0.0941. The fraction of sp³-hybridized carbons (Fsp3) is 0.143. The van der Waals surface area contributed by atoms with Gasteiger partial charge in [0.1, 0.15) is 6.54 Å². The molecule has 3 N–H and O–H groups in total. The van der Waals surface area contributed by atoms with Gasteiger partial charge in [-0.3, -0.25) is 14.5 Å². The van der Waals surface area contributed by atoms with Crippen molar-refractivity contribution in [1.29, 1.82) is 0 Å². The van der Waals surface area contributed by atoms with Gasteiger partial charge in [-0.05, 0) is 11.6 Å². The van der Waals surface area contributed by atoms with E-state index in [0.29, 0.717) is 24.5 Å². The monoisotopic (exact) mass is 298 g/mol. The van der Waals surface area contributed by atoms with Gasteiger partial charge in [-0.2, -0.15) is 5.10 Å². The Hall–Kier alpha value is -3.16. The number of amides is 1. The lowest BCUT2D eigenvalue weighted by atomic mass is 10.3. The topological polar surface area (TPSA) is 112 Å². The molecule has 3 heterocycles. The second kappa shape index (κ2) is 6.08. The quantitative estimate of drug-likeness (QED) is 0.721. The Morgan fingerprint density at radius 3 is 3.05 bits per heavy atom. The number of rotatable bonds is 5. The molecule has 0 aliphatic carbocycles. The summed E-state index contributed by atoms with van der Waals surface area (Å²) in [4.78, 5) is 16.0. The van der Waals surface area contributed by atoms with Crippen LogP contribution >= 0.6 is 0 Å². The first kappa shape index (κ1) is 13.8. The Morgan fingerprint density at radius 1 is 1.41 bits per heavy atom. The molecule has 0 unspecified atom stereocenters. The first-order valence-electron chi connectivity index (χ1n) is 6.61. The maximum Gasteiger partial charge on any atom is 0.273 e. The summed E-state index contributed by atoms with van der Waals surface area (Å²) in [5, 5.41) is 10.5. The fourth-order valence-corrected chi connectivity index (χ4v) is 1.90. The van der Waals surface area contributed by atoms with Crippen molar-refractivity contribution in [1.82, 2.24) is 25.2 Å². The van der Waals surface area contributed by atoms with E-state index in [1.165, 1.54) is 6.20 Å². The van der Waals surface area contributed by atoms with E-state index in [-0.39, 0.29) is 11.6 Å². The number of nitrogens with one attached hydrogen (secondary N) is 1. The molecule has 0 aromatic carbocycles. The summed E-state index contributed by atoms with van der Waals surface area (Å²) >= 11 is 0. The minimum Gasteiger partial charge on any atom is -0.396 e. The molecule has 112 valence electrons. The van der Waals surface area contributed by atoms with Crippen molar-refractivity contribution >= 4 is 11.6 Å². The number of nitrogens with zero attached hydrogens (tertiary/aromatic N) is 4. The third kappa shape index (κ3) is 3.29. The van der Waals surface area contributed by atoms with Crippen molar-refractivity contribution in [2.45, 2.75) is 13.1 Å². The van der Waals surface area contributed by atoms with Gasteiger partial charge >= 0.3 is 0 Å². The molecule has 3 rings (SSSR count). The molecule has 3 aromatic rings. The molecule has 0 aliphatic heterocycles. The molecule has 3 aromatic heterocycles. The zero-order chi connectivity index (χ0) is 15.4. The summed E-state index contributed by atoms with van der Waals surface area (Å²) in [5.74, 6) is 0.216. The van der Waals surface area contributed by atoms with Gasteiger partial charge in [0, 0.05) is 31.2 Å². The average Bonchev–Trinajstić information content (AvgIpc) is 3.16. The molecule has 0 saturated carbocycles. The maximum atomic E-state index is 12.0. The first-order chi connectivity index (χ1) is 10.7. The normalized spacial score (nSPS) is 10.5. The minimum absolute atomic E-state index is 0.221. The molecule has 22 heavy (non-hydrogen) atoms. The number of aromatic nitrogens is 4. The van der Waals surface area contributed by atoms with Crippen molar-refractivity contribution < 1.29 is 9.32 Å². The highest BCUT2D eigenvalue weighted by Gasteiger charge is 2.12. The van der Waals surface area contributed by atoms with Crippen molar-refractivity contribution in [3.05, 3.63) is 60.0 Å². The number of hydrogen-bond acceptors (Lipinski definition) is 6. The summed E-state index contributed by atoms with van der Waals surface area (Å²) in [7, 11) is 0. The Labute approximate surface area is 125 Å². The SMILES string of the molecule is Nc1cnn(Cc2cc(C(=O)NCc3cccnc3)no2)c1. The van der Waals surface area contributed by atoms with E-state index in [0.717, 1.165) is 5.56 Å². The van der Waals surface area contributed by atoms with Crippen LogP contribution in [0, 0.1) is 0 Å². The van der Waals surface area contributed by atoms with Crippen LogP contribution in [0.15, 0.2) is 47.5 Å². The Bertz CT molecular complexity index is 765. The number of anilines is 1. The van der Waals surface area contributed by atoms with Gasteiger partial charge < -0.3 is 15.6 Å². The first-order valence-corrected chi connectivity index (χ1v) is 6.61. The van der Waals surface area contributed by atoms with Gasteiger partial charge in [0.25, 0.3) is 5.91 Å². The number of hydrogen-bond donors (Lipinski definition) is 2. The molecule has 0 bridgehead atoms. The largest absolute Gasteiger partial charge is 0.396 e. The molecule has 8 heteroatoms. The van der Waals surface area contributed by atoms with E-state index in [1.807, 2.05) is 12.1 Å². The number of carbonyl (C=O) groups excluding carboxylic acids is 1. The van der Waals surface area contributed by atoms with E-state index in [2.05, 4.69) is 20.6 Å². The number of pyridine rings is 1. The van der Waals surface area contributed by atoms with Crippen LogP contribution in [-0.2, 0) is 13.1 Å². The van der Waals surface area contributed by atoms with Gasteiger partial charge in [0.15, 0.2) is 11.5 Å². The molecule has 0 saturated heterocycles. The highest BCUT2D eigenvalue weighted by Crippen LogP contribution is 2.07. The highest BCUT2D eigenvalue weighted by molar-refractivity contribution is 5.92. The molecule has 8 nitrogen and oxygen atoms in total. The van der Waals surface area contributed by atoms with Crippen LogP contribution in [0.1, 0.15) is 21.8 Å². The maximum absolute atomic E-state index is 12.0. The molecule has 0 spiro atoms. The summed E-state index contributed by atoms with van der Waals surface area (Å²) in [5.41, 5.74) is 7.28. The molecule has 1 amide bonds. The highest BCUT2D eigenvalue weighted by atomic mass is 16.5. The Morgan fingerprint density at radius 2 is 2.32 bits per heavy atom. The number of carbonyl (C=O) groups is 1. The van der Waals surface area contributed by atoms with Crippen LogP contribution < -0.4 is 11.1 Å². The summed E-state index contributed by atoms with van der Waals surface area (Å²) in [6.07, 6.45) is 6.58. The molecule has 0 radical (unpaired) electrons. The zero-order valence-corrected chi connectivity index (χ0v) is 11.6. The van der Waals surface area contributed by atoms with Crippen molar-refractivity contribution in [2.75, 3.05) is 5.73 Å². The lowest BCUT2D eigenvalue weighted by Crippen LogP contribution is -2.23. The van der Waals surface area contributed by atoms with Crippen molar-refractivity contribution in [3.8, 4) is 0 Å². The van der Waals surface area contributed by atoms with Gasteiger partial charge in [-0.15, -0.1) is 0 Å². The molecular weight excluding hydrogens is 284 g/mol. The number of nitrogen functional groups attached to an aromatic ring is 1. The number of nitrogens with two attached hydrogens (primary N) is 1. The van der Waals surface area contributed by atoms with Crippen LogP contribution in [0.2, 0.25) is 0 Å². The van der Waals surface area contributed by atoms with Gasteiger partial charge in [0.2, 0.25) is 0 Å². The van der Waals surface area contributed by atoms with Crippen LogP contribution in [0.4, 0.5) is 5.69 Å². The zero-order valence-electron chi connectivity index (χ0n) is 11.6. The van der Waals surface area contributed by atoms with E-state index in [4.69, 9.17) is 10.3 Å². The molecule has 0 fully saturated rings. The summed E-state index contributed by atoms with van der Waals surface area (Å²) in [6, 6.07) is 5.27. The van der Waals surface area contributed by atoms with E-state index < -0.39 is 0 Å². The van der Waals surface area contributed by atoms with Crippen molar-refractivity contribution in [3.63, 3.8) is 0 Å². The van der Waals surface area contributed by atoms with Crippen LogP contribution in [0.5, 0.6) is 0 Å². The van der Waals surface area contributed by atoms with Gasteiger partial charge in [-0.25, -0.2) is 0 Å². The van der Waals surface area contributed by atoms with Gasteiger partial charge in [-0.1, -0.05) is 11.2 Å². The predicted octanol–water partition coefficient (Wildman–Crippen LogP) is 0.827. The molecular formula is C14H14N6O2. The van der Waals surface area contributed by atoms with Gasteiger partial charge in [0.05, 0.1) is 11.9 Å². The Balaban J connectivity index is 1.59. The fourth-order valence-electron chi connectivity index (χ4n) is 1.90. The van der Waals surface area contributed by atoms with E-state index in [9.17, 15) is 4.79 Å². The van der Waals surface area contributed by atoms with Crippen LogP contribution in [0.3, 0.4) is 0 Å². The lowest BCUT2D eigenvalue weighted by Gasteiger charge is -2.01. The minimum atomic E-state index is -0.307. The van der Waals surface area contributed by atoms with Crippen LogP contribution in [-0.4, -0.2) is 25.8 Å². The standard InChI is InChI=1S/C14H14N6O2/c15-11-7-18-20(8-11)9-12-4-13(19-22-12)14(21)17-6-10-2-1-3-16-5-10/h1-5,7-8H,6,9,15H2,(H,17,21).